The zero-order valence-corrected chi connectivity index (χ0v) is 11.5. The van der Waals surface area contributed by atoms with E-state index in [1.165, 1.54) is 12.1 Å². The van der Waals surface area contributed by atoms with Gasteiger partial charge in [-0.05, 0) is 46.3 Å². The summed E-state index contributed by atoms with van der Waals surface area (Å²) in [6.07, 6.45) is 0. The van der Waals surface area contributed by atoms with Crippen LogP contribution in [0.2, 0.25) is 0 Å². The third kappa shape index (κ3) is 3.18. The van der Waals surface area contributed by atoms with Gasteiger partial charge in [-0.3, -0.25) is 4.79 Å². The van der Waals surface area contributed by atoms with Crippen molar-refractivity contribution in [3.8, 4) is 0 Å². The molecule has 0 spiro atoms. The summed E-state index contributed by atoms with van der Waals surface area (Å²) in [4.78, 5) is 26.5. The van der Waals surface area contributed by atoms with Crippen molar-refractivity contribution in [1.82, 2.24) is 4.98 Å². The summed E-state index contributed by atoms with van der Waals surface area (Å²) in [6.45, 7) is 0. The summed E-state index contributed by atoms with van der Waals surface area (Å²) in [5.41, 5.74) is -0.148. The first kappa shape index (κ1) is 14.1. The molecular formula is C13H8BrFN2O3. The number of benzene rings is 1. The number of nitrogens with zero attached hydrogens (tertiary/aromatic N) is 1. The van der Waals surface area contributed by atoms with Gasteiger partial charge in [-0.2, -0.15) is 0 Å². The number of hydrogen-bond acceptors (Lipinski definition) is 3. The zero-order chi connectivity index (χ0) is 14.7. The number of aromatic nitrogens is 1. The fraction of sp³-hybridized carbons (Fsp3) is 0. The molecule has 1 amide bonds. The van der Waals surface area contributed by atoms with E-state index in [1.807, 2.05) is 0 Å². The van der Waals surface area contributed by atoms with E-state index in [4.69, 9.17) is 5.11 Å². The molecule has 0 unspecified atom stereocenters. The molecule has 1 aromatic heterocycles. The molecule has 1 heterocycles. The third-order valence-corrected chi connectivity index (χ3v) is 2.85. The first-order valence-corrected chi connectivity index (χ1v) is 6.23. The quantitative estimate of drug-likeness (QED) is 0.843. The molecule has 0 bridgehead atoms. The molecular weight excluding hydrogens is 331 g/mol. The van der Waals surface area contributed by atoms with Crippen molar-refractivity contribution in [3.63, 3.8) is 0 Å². The minimum absolute atomic E-state index is 0.152. The van der Waals surface area contributed by atoms with E-state index in [0.29, 0.717) is 4.60 Å². The highest BCUT2D eigenvalue weighted by molar-refractivity contribution is 9.10. The number of carbonyl (C=O) groups is 2. The third-order valence-electron chi connectivity index (χ3n) is 2.41. The molecule has 20 heavy (non-hydrogen) atoms. The van der Waals surface area contributed by atoms with Gasteiger partial charge >= 0.3 is 5.97 Å². The Hall–Kier alpha value is -2.28. The van der Waals surface area contributed by atoms with Crippen LogP contribution in [0.4, 0.5) is 10.1 Å². The van der Waals surface area contributed by atoms with Crippen molar-refractivity contribution in [3.05, 3.63) is 58.1 Å². The van der Waals surface area contributed by atoms with Gasteiger partial charge in [0.15, 0.2) is 0 Å². The van der Waals surface area contributed by atoms with Crippen LogP contribution in [-0.2, 0) is 0 Å². The van der Waals surface area contributed by atoms with E-state index in [0.717, 1.165) is 12.1 Å². The highest BCUT2D eigenvalue weighted by atomic mass is 79.9. The Labute approximate surface area is 121 Å². The Morgan fingerprint density at radius 3 is 2.60 bits per heavy atom. The van der Waals surface area contributed by atoms with Gasteiger partial charge in [-0.25, -0.2) is 14.2 Å². The number of halogens is 2. The lowest BCUT2D eigenvalue weighted by Crippen LogP contribution is -2.14. The minimum Gasteiger partial charge on any atom is -0.478 e. The Bertz CT molecular complexity index is 691. The summed E-state index contributed by atoms with van der Waals surface area (Å²) < 4.78 is 14.0. The van der Waals surface area contributed by atoms with Crippen LogP contribution in [0.3, 0.4) is 0 Å². The average Bonchev–Trinajstić information content (AvgIpc) is 2.38. The molecule has 0 saturated heterocycles. The molecule has 5 nitrogen and oxygen atoms in total. The van der Waals surface area contributed by atoms with Crippen molar-refractivity contribution < 1.29 is 19.1 Å². The summed E-state index contributed by atoms with van der Waals surface area (Å²) in [7, 11) is 0. The summed E-state index contributed by atoms with van der Waals surface area (Å²) in [6, 6.07) is 8.14. The minimum atomic E-state index is -1.37. The van der Waals surface area contributed by atoms with Crippen LogP contribution in [0, 0.1) is 5.82 Å². The van der Waals surface area contributed by atoms with Crippen LogP contribution in [0.15, 0.2) is 41.0 Å². The summed E-state index contributed by atoms with van der Waals surface area (Å²) >= 11 is 3.14. The fourth-order valence-electron chi connectivity index (χ4n) is 1.50. The monoisotopic (exact) mass is 338 g/mol. The number of pyridine rings is 1. The maximum atomic E-state index is 13.5. The van der Waals surface area contributed by atoms with Gasteiger partial charge in [0.2, 0.25) is 0 Å². The molecule has 1 aromatic carbocycles. The summed E-state index contributed by atoms with van der Waals surface area (Å²) in [5, 5.41) is 11.1. The Morgan fingerprint density at radius 2 is 2.00 bits per heavy atom. The van der Waals surface area contributed by atoms with Crippen molar-refractivity contribution in [2.45, 2.75) is 0 Å². The predicted octanol–water partition coefficient (Wildman–Crippen LogP) is 2.93. The van der Waals surface area contributed by atoms with Gasteiger partial charge in [-0.15, -0.1) is 0 Å². The van der Waals surface area contributed by atoms with Gasteiger partial charge in [0.1, 0.15) is 16.1 Å². The topological polar surface area (TPSA) is 79.3 Å². The molecule has 0 aliphatic rings. The number of amides is 1. The number of carboxylic acid groups (broad SMARTS) is 1. The molecule has 2 N–H and O–H groups in total. The van der Waals surface area contributed by atoms with Crippen molar-refractivity contribution in [2.24, 2.45) is 0 Å². The maximum absolute atomic E-state index is 13.5. The predicted molar refractivity (Wildman–Crippen MR) is 73.2 cm³/mol. The number of carbonyl (C=O) groups excluding carboxylic acids is 1. The Morgan fingerprint density at radius 1 is 1.25 bits per heavy atom. The molecule has 0 saturated carbocycles. The van der Waals surface area contributed by atoms with E-state index in [1.54, 1.807) is 12.1 Å². The largest absolute Gasteiger partial charge is 0.478 e. The van der Waals surface area contributed by atoms with Crippen LogP contribution in [0.1, 0.15) is 20.8 Å². The number of carboxylic acids is 1. The standard InChI is InChI=1S/C13H8BrFN2O3/c14-11-3-1-2-10(17-11)12(18)16-7-4-5-8(13(19)20)9(15)6-7/h1-6H,(H,16,18)(H,19,20). The molecule has 0 aliphatic heterocycles. The average molecular weight is 339 g/mol. The smallest absolute Gasteiger partial charge is 0.338 e. The van der Waals surface area contributed by atoms with Crippen LogP contribution < -0.4 is 5.32 Å². The van der Waals surface area contributed by atoms with E-state index >= 15 is 0 Å². The molecule has 0 radical (unpaired) electrons. The lowest BCUT2D eigenvalue weighted by atomic mass is 10.2. The van der Waals surface area contributed by atoms with Crippen LogP contribution >= 0.6 is 15.9 Å². The van der Waals surface area contributed by atoms with Gasteiger partial charge in [0.25, 0.3) is 5.91 Å². The molecule has 2 aromatic rings. The van der Waals surface area contributed by atoms with Gasteiger partial charge in [-0.1, -0.05) is 6.07 Å². The number of aromatic carboxylic acids is 1. The highest BCUT2D eigenvalue weighted by Gasteiger charge is 2.13. The zero-order valence-electron chi connectivity index (χ0n) is 9.93. The van der Waals surface area contributed by atoms with Crippen LogP contribution in [0.25, 0.3) is 0 Å². The number of hydrogen-bond donors (Lipinski definition) is 2. The Kier molecular flexibility index (Phi) is 4.09. The second kappa shape index (κ2) is 5.79. The highest BCUT2D eigenvalue weighted by Crippen LogP contribution is 2.16. The van der Waals surface area contributed by atoms with Gasteiger partial charge in [0.05, 0.1) is 5.56 Å². The fourth-order valence-corrected chi connectivity index (χ4v) is 1.84. The second-order valence-corrected chi connectivity index (χ2v) is 4.61. The first-order valence-electron chi connectivity index (χ1n) is 5.44. The normalized spacial score (nSPS) is 10.1. The summed E-state index contributed by atoms with van der Waals surface area (Å²) in [5.74, 6) is -2.81. The molecule has 102 valence electrons. The van der Waals surface area contributed by atoms with E-state index < -0.39 is 23.3 Å². The molecule has 0 aliphatic carbocycles. The SMILES string of the molecule is O=C(Nc1ccc(C(=O)O)c(F)c1)c1cccc(Br)n1. The number of rotatable bonds is 3. The van der Waals surface area contributed by atoms with E-state index in [-0.39, 0.29) is 11.4 Å². The molecule has 7 heteroatoms. The Balaban J connectivity index is 2.20. The van der Waals surface area contributed by atoms with Gasteiger partial charge in [0, 0.05) is 5.69 Å². The first-order chi connectivity index (χ1) is 9.47. The van der Waals surface area contributed by atoms with E-state index in [9.17, 15) is 14.0 Å². The number of anilines is 1. The van der Waals surface area contributed by atoms with Crippen LogP contribution in [0.5, 0.6) is 0 Å². The molecule has 0 fully saturated rings. The second-order valence-electron chi connectivity index (χ2n) is 3.80. The lowest BCUT2D eigenvalue weighted by Gasteiger charge is -2.06. The molecule has 2 rings (SSSR count). The van der Waals surface area contributed by atoms with Crippen molar-refractivity contribution in [2.75, 3.05) is 5.32 Å². The van der Waals surface area contributed by atoms with Crippen molar-refractivity contribution in [1.29, 1.82) is 0 Å². The lowest BCUT2D eigenvalue weighted by molar-refractivity contribution is 0.0692. The van der Waals surface area contributed by atoms with Crippen LogP contribution in [-0.4, -0.2) is 22.0 Å². The van der Waals surface area contributed by atoms with E-state index in [2.05, 4.69) is 26.2 Å². The van der Waals surface area contributed by atoms with Crippen molar-refractivity contribution >= 4 is 33.5 Å². The molecule has 0 atom stereocenters. The number of nitrogens with one attached hydrogen (secondary N) is 1. The van der Waals surface area contributed by atoms with Gasteiger partial charge < -0.3 is 10.4 Å². The maximum Gasteiger partial charge on any atom is 0.338 e.